The minimum atomic E-state index is -0.568. The van der Waals surface area contributed by atoms with Gasteiger partial charge in [-0.15, -0.1) is 0 Å². The van der Waals surface area contributed by atoms with Gasteiger partial charge in [0.2, 0.25) is 11.9 Å². The highest BCUT2D eigenvalue weighted by Crippen LogP contribution is 2.28. The third-order valence-electron chi connectivity index (χ3n) is 6.72. The van der Waals surface area contributed by atoms with Gasteiger partial charge in [0, 0.05) is 56.2 Å². The van der Waals surface area contributed by atoms with Crippen LogP contribution in [0.4, 0.5) is 21.8 Å². The molecule has 0 unspecified atom stereocenters. The molecule has 2 atom stereocenters. The van der Waals surface area contributed by atoms with Crippen molar-refractivity contribution in [1.82, 2.24) is 25.1 Å². The van der Waals surface area contributed by atoms with E-state index >= 15 is 0 Å². The van der Waals surface area contributed by atoms with E-state index in [2.05, 4.69) is 37.9 Å². The second kappa shape index (κ2) is 11.5. The maximum atomic E-state index is 12.8. The van der Waals surface area contributed by atoms with Crippen LogP contribution in [0, 0.1) is 5.92 Å². The van der Waals surface area contributed by atoms with Crippen LogP contribution >= 0.6 is 0 Å². The molecule has 2 aromatic rings. The van der Waals surface area contributed by atoms with Crippen LogP contribution in [0.2, 0.25) is 0 Å². The summed E-state index contributed by atoms with van der Waals surface area (Å²) in [5.41, 5.74) is 2.31. The van der Waals surface area contributed by atoms with E-state index in [1.54, 1.807) is 6.20 Å². The van der Waals surface area contributed by atoms with Gasteiger partial charge in [-0.25, -0.2) is 9.37 Å². The maximum Gasteiger partial charge on any atom is 0.253 e. The first-order valence-corrected chi connectivity index (χ1v) is 12.2. The molecule has 2 aliphatic rings. The van der Waals surface area contributed by atoms with E-state index in [1.807, 2.05) is 37.0 Å². The van der Waals surface area contributed by atoms with E-state index in [0.29, 0.717) is 17.3 Å². The Bertz CT molecular complexity index is 1030. The second-order valence-corrected chi connectivity index (χ2v) is 9.29. The van der Waals surface area contributed by atoms with Gasteiger partial charge in [-0.1, -0.05) is 6.42 Å². The summed E-state index contributed by atoms with van der Waals surface area (Å²) in [6.07, 6.45) is 4.28. The molecule has 1 aromatic heterocycles. The van der Waals surface area contributed by atoms with Crippen LogP contribution in [0.3, 0.4) is 0 Å². The number of amides is 2. The molecule has 1 aliphatic carbocycles. The largest absolute Gasteiger partial charge is 0.367 e. The van der Waals surface area contributed by atoms with Gasteiger partial charge in [0.1, 0.15) is 20.3 Å². The molecular formula is C24H33BFN7O2. The molecule has 1 aliphatic heterocycles. The quantitative estimate of drug-likeness (QED) is 0.473. The summed E-state index contributed by atoms with van der Waals surface area (Å²) in [6.45, 7) is 2.72. The molecule has 0 radical (unpaired) electrons. The van der Waals surface area contributed by atoms with Crippen molar-refractivity contribution in [2.24, 2.45) is 5.92 Å². The number of rotatable bonds is 8. The van der Waals surface area contributed by atoms with Crippen molar-refractivity contribution >= 4 is 42.6 Å². The van der Waals surface area contributed by atoms with Gasteiger partial charge in [-0.2, -0.15) is 4.98 Å². The number of hydrogen-bond acceptors (Lipinski definition) is 7. The lowest BCUT2D eigenvalue weighted by atomic mass is 9.97. The molecule has 1 saturated heterocycles. The Morgan fingerprint density at radius 2 is 1.89 bits per heavy atom. The Kier molecular flexibility index (Phi) is 8.17. The number of carbonyl (C=O) groups is 2. The number of likely N-dealkylation sites (N-methyl/N-ethyl adjacent to an activating group) is 1. The number of piperazine rings is 1. The van der Waals surface area contributed by atoms with Crippen molar-refractivity contribution in [3.05, 3.63) is 36.0 Å². The number of nitrogens with zero attached hydrogens (tertiary/aromatic N) is 4. The fraction of sp³-hybridized carbons (Fsp3) is 0.500. The molecule has 0 spiro atoms. The third-order valence-corrected chi connectivity index (χ3v) is 6.72. The van der Waals surface area contributed by atoms with Crippen LogP contribution in [0.5, 0.6) is 0 Å². The summed E-state index contributed by atoms with van der Waals surface area (Å²) >= 11 is 0. The van der Waals surface area contributed by atoms with Crippen LogP contribution in [-0.4, -0.2) is 91.9 Å². The first kappa shape index (κ1) is 24.9. The molecule has 3 N–H and O–H groups in total. The summed E-state index contributed by atoms with van der Waals surface area (Å²) in [6, 6.07) is 7.27. The summed E-state index contributed by atoms with van der Waals surface area (Å²) in [5, 5.41) is 9.26. The lowest BCUT2D eigenvalue weighted by Gasteiger charge is -2.32. The van der Waals surface area contributed by atoms with Gasteiger partial charge in [0.15, 0.2) is 0 Å². The molecule has 2 amide bonds. The number of halogens is 1. The van der Waals surface area contributed by atoms with Gasteiger partial charge in [-0.05, 0) is 49.6 Å². The minimum absolute atomic E-state index is 0.0441. The smallest absolute Gasteiger partial charge is 0.253 e. The summed E-state index contributed by atoms with van der Waals surface area (Å²) < 4.78 is 12.4. The van der Waals surface area contributed by atoms with E-state index in [1.165, 1.54) is 0 Å². The van der Waals surface area contributed by atoms with Gasteiger partial charge in [0.25, 0.3) is 5.91 Å². The van der Waals surface area contributed by atoms with Gasteiger partial charge < -0.3 is 25.8 Å². The molecule has 1 saturated carbocycles. The van der Waals surface area contributed by atoms with Gasteiger partial charge >= 0.3 is 0 Å². The van der Waals surface area contributed by atoms with Crippen molar-refractivity contribution in [3.63, 3.8) is 0 Å². The lowest BCUT2D eigenvalue weighted by molar-refractivity contribution is -0.125. The van der Waals surface area contributed by atoms with E-state index < -0.39 is 6.67 Å². The van der Waals surface area contributed by atoms with Gasteiger partial charge in [0.05, 0.1) is 5.92 Å². The average molecular weight is 481 g/mol. The van der Waals surface area contributed by atoms with Crippen LogP contribution in [0.1, 0.15) is 29.6 Å². The molecule has 1 aromatic carbocycles. The second-order valence-electron chi connectivity index (χ2n) is 9.29. The average Bonchev–Trinajstić information content (AvgIpc) is 3.33. The van der Waals surface area contributed by atoms with Crippen LogP contribution in [0.25, 0.3) is 0 Å². The lowest BCUT2D eigenvalue weighted by Crippen LogP contribution is -2.47. The molecule has 9 nitrogen and oxygen atoms in total. The number of aromatic nitrogens is 2. The fourth-order valence-electron chi connectivity index (χ4n) is 4.59. The van der Waals surface area contributed by atoms with E-state index in [9.17, 15) is 14.0 Å². The molecule has 0 bridgehead atoms. The highest BCUT2D eigenvalue weighted by molar-refractivity contribution is 6.35. The van der Waals surface area contributed by atoms with Gasteiger partial charge in [-0.3, -0.25) is 9.59 Å². The number of benzene rings is 1. The number of anilines is 3. The third kappa shape index (κ3) is 6.27. The molecule has 35 heavy (non-hydrogen) atoms. The first-order valence-electron chi connectivity index (χ1n) is 12.2. The zero-order valence-corrected chi connectivity index (χ0v) is 20.4. The predicted molar refractivity (Wildman–Crippen MR) is 137 cm³/mol. The van der Waals surface area contributed by atoms with E-state index in [0.717, 1.165) is 56.6 Å². The Morgan fingerprint density at radius 1 is 1.14 bits per heavy atom. The van der Waals surface area contributed by atoms with Crippen molar-refractivity contribution in [2.75, 3.05) is 57.1 Å². The van der Waals surface area contributed by atoms with Crippen LogP contribution in [-0.2, 0) is 4.79 Å². The number of carbonyl (C=O) groups excluding carboxylic acids is 2. The normalized spacial score (nSPS) is 20.5. The number of nitrogens with one attached hydrogen (secondary N) is 3. The van der Waals surface area contributed by atoms with E-state index in [4.69, 9.17) is 0 Å². The highest BCUT2D eigenvalue weighted by atomic mass is 19.1. The molecule has 11 heteroatoms. The molecule has 186 valence electrons. The van der Waals surface area contributed by atoms with E-state index in [-0.39, 0.29) is 30.3 Å². The molecule has 2 fully saturated rings. The van der Waals surface area contributed by atoms with Crippen molar-refractivity contribution in [3.8, 4) is 0 Å². The Labute approximate surface area is 206 Å². The molecule has 2 heterocycles. The molecular weight excluding hydrogens is 448 g/mol. The van der Waals surface area contributed by atoms with Crippen molar-refractivity contribution < 1.29 is 14.0 Å². The van der Waals surface area contributed by atoms with Crippen molar-refractivity contribution in [2.45, 2.75) is 25.3 Å². The van der Waals surface area contributed by atoms with Crippen LogP contribution in [0.15, 0.2) is 30.5 Å². The maximum absolute atomic E-state index is 12.8. The standard InChI is InChI=1S/C24H33BFN7O2/c1-32-11-13-33(14-12-32)23(35)16-5-7-17(8-6-16)29-24-28-15-19(25)21(31-24)30-20-4-2-3-18(20)22(34)27-10-9-26/h5-8,15,18,20H,2-4,9-14,25H2,1H3,(H,27,34)(H2,28,29,30,31)/t18-,20+/m0/s1. The molecule has 4 rings (SSSR count). The van der Waals surface area contributed by atoms with Crippen molar-refractivity contribution in [1.29, 1.82) is 0 Å². The fourth-order valence-corrected chi connectivity index (χ4v) is 4.59. The predicted octanol–water partition coefficient (Wildman–Crippen LogP) is 0.533. The zero-order chi connectivity index (χ0) is 24.8. The Hall–Kier alpha value is -3.21. The highest BCUT2D eigenvalue weighted by Gasteiger charge is 2.33. The zero-order valence-electron chi connectivity index (χ0n) is 20.4. The first-order chi connectivity index (χ1) is 16.9. The SMILES string of the molecule is Bc1cnc(Nc2ccc(C(=O)N3CCN(C)CC3)cc2)nc1N[C@@H]1CCC[C@@H]1C(=O)NCCF. The van der Waals surface area contributed by atoms with Crippen LogP contribution < -0.4 is 21.4 Å². The Morgan fingerprint density at radius 3 is 2.60 bits per heavy atom. The topological polar surface area (TPSA) is 102 Å². The minimum Gasteiger partial charge on any atom is -0.367 e. The number of hydrogen-bond donors (Lipinski definition) is 3. The Balaban J connectivity index is 1.39. The number of alkyl halides is 1. The summed E-state index contributed by atoms with van der Waals surface area (Å²) in [7, 11) is 3.98. The summed E-state index contributed by atoms with van der Waals surface area (Å²) in [4.78, 5) is 38.3. The summed E-state index contributed by atoms with van der Waals surface area (Å²) in [5.74, 6) is 0.809. The monoisotopic (exact) mass is 481 g/mol.